The summed E-state index contributed by atoms with van der Waals surface area (Å²) in [7, 11) is 1.72. The number of anilines is 1. The molecule has 28 heavy (non-hydrogen) atoms. The number of aromatic nitrogens is 3. The van der Waals surface area contributed by atoms with Crippen LogP contribution in [-0.4, -0.2) is 34.5 Å². The number of hydrogen-bond acceptors (Lipinski definition) is 6. The summed E-state index contributed by atoms with van der Waals surface area (Å²) in [4.78, 5) is 8.46. The smallest absolute Gasteiger partial charge is 0.425 e. The molecule has 0 aliphatic rings. The van der Waals surface area contributed by atoms with E-state index in [-0.39, 0.29) is 29.1 Å². The van der Waals surface area contributed by atoms with Gasteiger partial charge in [0.2, 0.25) is 5.82 Å². The topological polar surface area (TPSA) is 73.1 Å². The minimum absolute atomic E-state index is 0. The van der Waals surface area contributed by atoms with Gasteiger partial charge in [-0.3, -0.25) is 0 Å². The summed E-state index contributed by atoms with van der Waals surface area (Å²) >= 11 is 6.04. The van der Waals surface area contributed by atoms with Crippen molar-refractivity contribution in [2.75, 3.05) is 12.4 Å². The zero-order valence-corrected chi connectivity index (χ0v) is 16.2. The van der Waals surface area contributed by atoms with Gasteiger partial charge in [0, 0.05) is 18.8 Å². The highest BCUT2D eigenvalue weighted by atomic mass is 35.5. The first-order valence-corrected chi connectivity index (χ1v) is 8.17. The van der Waals surface area contributed by atoms with Crippen molar-refractivity contribution in [3.05, 3.63) is 41.6 Å². The third kappa shape index (κ3) is 4.66. The van der Waals surface area contributed by atoms with Gasteiger partial charge >= 0.3 is 6.18 Å². The molecule has 1 N–H and O–H groups in total. The Kier molecular flexibility index (Phi) is 6.73. The van der Waals surface area contributed by atoms with E-state index < -0.39 is 12.3 Å². The number of ether oxygens (including phenoxy) is 1. The van der Waals surface area contributed by atoms with Crippen LogP contribution in [0.3, 0.4) is 0 Å². The van der Waals surface area contributed by atoms with Crippen LogP contribution in [0.5, 0.6) is 5.75 Å². The molecule has 1 atom stereocenters. The second-order valence-electron chi connectivity index (χ2n) is 5.52. The van der Waals surface area contributed by atoms with Crippen LogP contribution in [0.15, 0.2) is 41.1 Å². The third-order valence-corrected chi connectivity index (χ3v) is 3.95. The van der Waals surface area contributed by atoms with Crippen molar-refractivity contribution in [3.8, 4) is 28.6 Å². The van der Waals surface area contributed by atoms with Crippen molar-refractivity contribution >= 4 is 29.8 Å². The van der Waals surface area contributed by atoms with Gasteiger partial charge in [0.1, 0.15) is 11.6 Å². The number of rotatable bonds is 5. The maximum absolute atomic E-state index is 12.6. The van der Waals surface area contributed by atoms with Gasteiger partial charge in [0.15, 0.2) is 6.10 Å². The zero-order chi connectivity index (χ0) is 19.6. The van der Waals surface area contributed by atoms with E-state index in [9.17, 15) is 13.2 Å². The number of benzene rings is 1. The molecule has 2 aromatic heterocycles. The van der Waals surface area contributed by atoms with E-state index in [1.54, 1.807) is 25.4 Å². The summed E-state index contributed by atoms with van der Waals surface area (Å²) in [5.41, 5.74) is 1.08. The molecule has 11 heteroatoms. The molecule has 0 aliphatic heterocycles. The fraction of sp³-hybridized carbons (Fsp3) is 0.235. The van der Waals surface area contributed by atoms with Crippen molar-refractivity contribution in [2.24, 2.45) is 0 Å². The van der Waals surface area contributed by atoms with E-state index in [0.717, 1.165) is 6.92 Å². The molecule has 0 amide bonds. The van der Waals surface area contributed by atoms with Crippen molar-refractivity contribution < 1.29 is 22.4 Å². The summed E-state index contributed by atoms with van der Waals surface area (Å²) in [6, 6.07) is 7.73. The first-order valence-electron chi connectivity index (χ1n) is 7.79. The van der Waals surface area contributed by atoms with E-state index in [0.29, 0.717) is 22.8 Å². The summed E-state index contributed by atoms with van der Waals surface area (Å²) in [6.07, 6.45) is -4.85. The maximum Gasteiger partial charge on any atom is 0.425 e. The maximum atomic E-state index is 12.6. The van der Waals surface area contributed by atoms with Crippen LogP contribution < -0.4 is 10.1 Å². The highest BCUT2D eigenvalue weighted by molar-refractivity contribution is 6.32. The monoisotopic (exact) mass is 434 g/mol. The molecular weight excluding hydrogens is 420 g/mol. The van der Waals surface area contributed by atoms with Gasteiger partial charge < -0.3 is 14.6 Å². The van der Waals surface area contributed by atoms with Crippen LogP contribution in [0.1, 0.15) is 6.92 Å². The second-order valence-corrected chi connectivity index (χ2v) is 5.93. The fourth-order valence-corrected chi connectivity index (χ4v) is 2.45. The number of alkyl halides is 3. The Morgan fingerprint density at radius 1 is 1.25 bits per heavy atom. The molecule has 1 unspecified atom stereocenters. The lowest BCUT2D eigenvalue weighted by Crippen LogP contribution is -2.31. The molecule has 6 nitrogen and oxygen atoms in total. The Morgan fingerprint density at radius 3 is 2.64 bits per heavy atom. The summed E-state index contributed by atoms with van der Waals surface area (Å²) < 4.78 is 48.0. The van der Waals surface area contributed by atoms with Crippen LogP contribution in [0.25, 0.3) is 22.8 Å². The predicted molar refractivity (Wildman–Crippen MR) is 101 cm³/mol. The zero-order valence-electron chi connectivity index (χ0n) is 14.6. The highest BCUT2D eigenvalue weighted by Gasteiger charge is 2.38. The van der Waals surface area contributed by atoms with Gasteiger partial charge in [-0.1, -0.05) is 16.8 Å². The summed E-state index contributed by atoms with van der Waals surface area (Å²) in [6.45, 7) is 0.905. The minimum atomic E-state index is -4.49. The van der Waals surface area contributed by atoms with E-state index in [4.69, 9.17) is 20.9 Å². The Balaban J connectivity index is 0.00000280. The van der Waals surface area contributed by atoms with Crippen LogP contribution in [0, 0.1) is 0 Å². The number of nitrogens with zero attached hydrogens (tertiary/aromatic N) is 3. The first kappa shape index (κ1) is 21.8. The van der Waals surface area contributed by atoms with Crippen molar-refractivity contribution in [3.63, 3.8) is 0 Å². The Labute approximate surface area is 169 Å². The van der Waals surface area contributed by atoms with E-state index in [2.05, 4.69) is 20.4 Å². The lowest BCUT2D eigenvalue weighted by atomic mass is 10.2. The van der Waals surface area contributed by atoms with Crippen LogP contribution in [0.2, 0.25) is 5.02 Å². The molecule has 0 saturated carbocycles. The van der Waals surface area contributed by atoms with Crippen LogP contribution in [-0.2, 0) is 0 Å². The minimum Gasteiger partial charge on any atom is -0.480 e. The number of halogens is 5. The molecule has 0 spiro atoms. The van der Waals surface area contributed by atoms with Crippen LogP contribution >= 0.6 is 24.0 Å². The average Bonchev–Trinajstić information content (AvgIpc) is 3.12. The number of hydrogen-bond donors (Lipinski definition) is 1. The molecule has 0 aliphatic carbocycles. The molecule has 0 radical (unpaired) electrons. The predicted octanol–water partition coefficient (Wildman–Crippen LogP) is 5.25. The molecule has 0 bridgehead atoms. The largest absolute Gasteiger partial charge is 0.480 e. The molecule has 3 aromatic rings. The van der Waals surface area contributed by atoms with Crippen molar-refractivity contribution in [2.45, 2.75) is 19.2 Å². The van der Waals surface area contributed by atoms with Crippen molar-refractivity contribution in [1.82, 2.24) is 15.1 Å². The van der Waals surface area contributed by atoms with E-state index in [1.807, 2.05) is 0 Å². The standard InChI is InChI=1S/C17H14ClF3N4O2.ClH/c1-9(17(19,20)21)26-13-6-5-10(8-12(13)18)16-24-15(25-27-16)11-4-3-7-23-14(11)22-2;/h3-9H,1-2H3,(H,22,23);1H. The van der Waals surface area contributed by atoms with Crippen molar-refractivity contribution in [1.29, 1.82) is 0 Å². The van der Waals surface area contributed by atoms with E-state index in [1.165, 1.54) is 18.2 Å². The van der Waals surface area contributed by atoms with Gasteiger partial charge in [-0.25, -0.2) is 4.98 Å². The fourth-order valence-electron chi connectivity index (χ4n) is 2.22. The second kappa shape index (κ2) is 8.66. The van der Waals surface area contributed by atoms with Crippen LogP contribution in [0.4, 0.5) is 19.0 Å². The molecule has 150 valence electrons. The van der Waals surface area contributed by atoms with E-state index >= 15 is 0 Å². The molecular formula is C17H15Cl2F3N4O2. The molecule has 0 fully saturated rings. The molecule has 2 heterocycles. The Morgan fingerprint density at radius 2 is 2.00 bits per heavy atom. The molecule has 0 saturated heterocycles. The summed E-state index contributed by atoms with van der Waals surface area (Å²) in [5, 5.41) is 6.84. The molecule has 3 rings (SSSR count). The number of nitrogens with one attached hydrogen (secondary N) is 1. The van der Waals surface area contributed by atoms with Gasteiger partial charge in [-0.05, 0) is 37.3 Å². The lowest BCUT2D eigenvalue weighted by Gasteiger charge is -2.18. The SMILES string of the molecule is CNc1ncccc1-c1noc(-c2ccc(OC(C)C(F)(F)F)c(Cl)c2)n1.Cl. The van der Waals surface area contributed by atoms with Gasteiger partial charge in [-0.15, -0.1) is 12.4 Å². The third-order valence-electron chi connectivity index (χ3n) is 3.65. The molecule has 1 aromatic carbocycles. The Hall–Kier alpha value is -2.52. The Bertz CT molecular complexity index is 950. The van der Waals surface area contributed by atoms with Gasteiger partial charge in [0.05, 0.1) is 10.6 Å². The first-order chi connectivity index (χ1) is 12.8. The lowest BCUT2D eigenvalue weighted by molar-refractivity contribution is -0.189. The number of pyridine rings is 1. The van der Waals surface area contributed by atoms with Gasteiger partial charge in [-0.2, -0.15) is 18.2 Å². The summed E-state index contributed by atoms with van der Waals surface area (Å²) in [5.74, 6) is 0.959. The highest BCUT2D eigenvalue weighted by Crippen LogP contribution is 2.34. The quantitative estimate of drug-likeness (QED) is 0.591. The van der Waals surface area contributed by atoms with Gasteiger partial charge in [0.25, 0.3) is 5.89 Å². The normalized spacial score (nSPS) is 12.2. The average molecular weight is 435 g/mol.